The van der Waals surface area contributed by atoms with Crippen molar-refractivity contribution < 1.29 is 9.90 Å². The number of nitrogens with zero attached hydrogens (tertiary/aromatic N) is 3. The lowest BCUT2D eigenvalue weighted by Gasteiger charge is -2.33. The molecule has 152 valence electrons. The summed E-state index contributed by atoms with van der Waals surface area (Å²) >= 11 is 1.54. The fourth-order valence-electron chi connectivity index (χ4n) is 3.51. The molecule has 2 N–H and O–H groups in total. The third-order valence-electron chi connectivity index (χ3n) is 5.24. The van der Waals surface area contributed by atoms with Crippen molar-refractivity contribution in [3.63, 3.8) is 0 Å². The highest BCUT2D eigenvalue weighted by molar-refractivity contribution is 7.11. The Kier molecular flexibility index (Phi) is 5.37. The third kappa shape index (κ3) is 3.71. The molecular formula is C23H22N4O2S. The smallest absolute Gasteiger partial charge is 0.322 e. The van der Waals surface area contributed by atoms with Crippen molar-refractivity contribution in [2.45, 2.75) is 19.5 Å². The Bertz CT molecular complexity index is 1130. The number of hydrogen-bond acceptors (Lipinski definition) is 5. The second kappa shape index (κ2) is 8.12. The zero-order valence-electron chi connectivity index (χ0n) is 16.8. The van der Waals surface area contributed by atoms with Crippen LogP contribution in [0.2, 0.25) is 0 Å². The number of phenols is 1. The van der Waals surface area contributed by atoms with Gasteiger partial charge in [-0.05, 0) is 36.9 Å². The molecule has 1 unspecified atom stereocenters. The maximum atomic E-state index is 12.5. The Morgan fingerprint density at radius 1 is 1.27 bits per heavy atom. The van der Waals surface area contributed by atoms with Crippen molar-refractivity contribution in [3.8, 4) is 17.0 Å². The Hall–Kier alpha value is -3.45. The predicted molar refractivity (Wildman–Crippen MR) is 121 cm³/mol. The molecular weight excluding hydrogens is 396 g/mol. The van der Waals surface area contributed by atoms with E-state index in [1.807, 2.05) is 42.6 Å². The Morgan fingerprint density at radius 3 is 2.73 bits per heavy atom. The minimum atomic E-state index is -0.388. The lowest BCUT2D eigenvalue weighted by molar-refractivity contribution is 0.214. The number of amides is 2. The molecule has 0 radical (unpaired) electrons. The molecule has 0 spiro atoms. The first-order chi connectivity index (χ1) is 14.5. The molecule has 2 heterocycles. The van der Waals surface area contributed by atoms with Gasteiger partial charge in [-0.15, -0.1) is 11.3 Å². The van der Waals surface area contributed by atoms with E-state index in [4.69, 9.17) is 4.98 Å². The van der Waals surface area contributed by atoms with Crippen molar-refractivity contribution in [3.05, 3.63) is 75.7 Å². The fourth-order valence-corrected chi connectivity index (χ4v) is 4.46. The number of aromatic nitrogens is 1. The summed E-state index contributed by atoms with van der Waals surface area (Å²) in [4.78, 5) is 22.8. The van der Waals surface area contributed by atoms with Gasteiger partial charge in [-0.3, -0.25) is 4.99 Å². The first-order valence-electron chi connectivity index (χ1n) is 9.49. The fraction of sp³-hybridized carbons (Fsp3) is 0.174. The van der Waals surface area contributed by atoms with Crippen molar-refractivity contribution >= 4 is 29.7 Å². The van der Waals surface area contributed by atoms with Crippen LogP contribution in [-0.4, -0.2) is 34.8 Å². The van der Waals surface area contributed by atoms with Crippen LogP contribution in [0.25, 0.3) is 16.8 Å². The van der Waals surface area contributed by atoms with Crippen LogP contribution in [0.3, 0.4) is 0 Å². The summed E-state index contributed by atoms with van der Waals surface area (Å²) in [6.07, 6.45) is 0. The molecule has 30 heavy (non-hydrogen) atoms. The number of allylic oxidation sites excluding steroid dienone is 1. The van der Waals surface area contributed by atoms with E-state index in [-0.39, 0.29) is 17.8 Å². The topological polar surface area (TPSA) is 77.8 Å². The van der Waals surface area contributed by atoms with Crippen molar-refractivity contribution in [1.29, 1.82) is 0 Å². The van der Waals surface area contributed by atoms with E-state index in [0.29, 0.717) is 6.54 Å². The summed E-state index contributed by atoms with van der Waals surface area (Å²) in [5.41, 5.74) is 5.56. The molecule has 1 atom stereocenters. The quantitative estimate of drug-likeness (QED) is 0.582. The Labute approximate surface area is 179 Å². The van der Waals surface area contributed by atoms with E-state index in [9.17, 15) is 9.90 Å². The summed E-state index contributed by atoms with van der Waals surface area (Å²) < 4.78 is 0. The number of rotatable bonds is 5. The molecule has 0 saturated carbocycles. The molecule has 7 heteroatoms. The summed E-state index contributed by atoms with van der Waals surface area (Å²) in [6, 6.07) is 14.5. The molecule has 1 aliphatic heterocycles. The molecule has 1 aliphatic rings. The number of carbonyl (C=O) groups is 1. The van der Waals surface area contributed by atoms with Gasteiger partial charge in [0.1, 0.15) is 10.8 Å². The van der Waals surface area contributed by atoms with Gasteiger partial charge >= 0.3 is 6.03 Å². The number of aliphatic imine (C=N–C) groups is 1. The average Bonchev–Trinajstić information content (AvgIpc) is 3.22. The minimum Gasteiger partial charge on any atom is -0.508 e. The lowest BCUT2D eigenvalue weighted by atomic mass is 9.95. The molecule has 0 saturated heterocycles. The Balaban J connectivity index is 1.74. The van der Waals surface area contributed by atoms with E-state index in [1.165, 1.54) is 11.3 Å². The van der Waals surface area contributed by atoms with Gasteiger partial charge in [0.15, 0.2) is 0 Å². The highest BCUT2D eigenvalue weighted by Gasteiger charge is 2.32. The van der Waals surface area contributed by atoms with Crippen LogP contribution in [0.1, 0.15) is 29.1 Å². The molecule has 2 aromatic carbocycles. The zero-order chi connectivity index (χ0) is 21.3. The number of nitrogens with one attached hydrogen (secondary N) is 1. The molecule has 3 aromatic rings. The third-order valence-corrected chi connectivity index (χ3v) is 6.11. The SMILES string of the molecule is C=NCc1ccc(-c2csc(C3=C(C)N(C)C(=O)NC3c3cccc(O)c3)n2)cc1. The van der Waals surface area contributed by atoms with Gasteiger partial charge in [-0.25, -0.2) is 9.78 Å². The number of phenolic OH excluding ortho intramolecular Hbond substituents is 1. The van der Waals surface area contributed by atoms with Crippen LogP contribution in [0.5, 0.6) is 5.75 Å². The summed E-state index contributed by atoms with van der Waals surface area (Å²) in [7, 11) is 1.74. The van der Waals surface area contributed by atoms with Crippen LogP contribution in [0.4, 0.5) is 4.79 Å². The van der Waals surface area contributed by atoms with Gasteiger partial charge in [0.25, 0.3) is 0 Å². The van der Waals surface area contributed by atoms with Crippen LogP contribution in [0, 0.1) is 0 Å². The molecule has 1 aromatic heterocycles. The van der Waals surface area contributed by atoms with Crippen LogP contribution < -0.4 is 5.32 Å². The van der Waals surface area contributed by atoms with E-state index < -0.39 is 0 Å². The summed E-state index contributed by atoms with van der Waals surface area (Å²) in [5.74, 6) is 0.159. The van der Waals surface area contributed by atoms with Gasteiger partial charge < -0.3 is 15.3 Å². The normalized spacial score (nSPS) is 16.5. The lowest BCUT2D eigenvalue weighted by Crippen LogP contribution is -2.44. The summed E-state index contributed by atoms with van der Waals surface area (Å²) in [6.45, 7) is 6.04. The molecule has 0 aliphatic carbocycles. The minimum absolute atomic E-state index is 0.159. The van der Waals surface area contributed by atoms with E-state index in [1.54, 1.807) is 30.1 Å². The van der Waals surface area contributed by atoms with E-state index in [0.717, 1.165) is 38.7 Å². The first kappa shape index (κ1) is 19.8. The number of carbonyl (C=O) groups excluding carboxylic acids is 1. The van der Waals surface area contributed by atoms with Gasteiger partial charge in [0.05, 0.1) is 18.3 Å². The van der Waals surface area contributed by atoms with Crippen LogP contribution in [-0.2, 0) is 6.54 Å². The largest absolute Gasteiger partial charge is 0.508 e. The summed E-state index contributed by atoms with van der Waals surface area (Å²) in [5, 5.41) is 15.8. The average molecular weight is 419 g/mol. The second-order valence-corrected chi connectivity index (χ2v) is 8.01. The van der Waals surface area contributed by atoms with Gasteiger partial charge in [0.2, 0.25) is 0 Å². The number of hydrogen-bond donors (Lipinski definition) is 2. The van der Waals surface area contributed by atoms with Gasteiger partial charge in [-0.1, -0.05) is 36.4 Å². The van der Waals surface area contributed by atoms with E-state index in [2.05, 4.69) is 17.0 Å². The zero-order valence-corrected chi connectivity index (χ0v) is 17.6. The van der Waals surface area contributed by atoms with Crippen molar-refractivity contribution in [2.75, 3.05) is 7.05 Å². The standard InChI is InChI=1S/C23H22N4O2S/c1-14-20(21(26-23(29)27(14)3)17-5-4-6-18(28)11-17)22-25-19(13-30-22)16-9-7-15(8-10-16)12-24-2/h4-11,13,21,28H,2,12H2,1,3H3,(H,26,29). The maximum absolute atomic E-state index is 12.5. The van der Waals surface area contributed by atoms with Crippen molar-refractivity contribution in [2.24, 2.45) is 4.99 Å². The number of thiazole rings is 1. The van der Waals surface area contributed by atoms with E-state index >= 15 is 0 Å². The molecule has 0 bridgehead atoms. The molecule has 6 nitrogen and oxygen atoms in total. The highest BCUT2D eigenvalue weighted by Crippen LogP contribution is 2.39. The molecule has 0 fully saturated rings. The number of benzene rings is 2. The first-order valence-corrected chi connectivity index (χ1v) is 10.4. The van der Waals surface area contributed by atoms with Crippen molar-refractivity contribution in [1.82, 2.24) is 15.2 Å². The van der Waals surface area contributed by atoms with Gasteiger partial charge in [0, 0.05) is 29.3 Å². The highest BCUT2D eigenvalue weighted by atomic mass is 32.1. The second-order valence-electron chi connectivity index (χ2n) is 7.15. The number of urea groups is 1. The molecule has 2 amide bonds. The Morgan fingerprint density at radius 2 is 2.03 bits per heavy atom. The van der Waals surface area contributed by atoms with Gasteiger partial charge in [-0.2, -0.15) is 0 Å². The monoisotopic (exact) mass is 418 g/mol. The number of aromatic hydroxyl groups is 1. The molecule has 4 rings (SSSR count). The van der Waals surface area contributed by atoms with Crippen LogP contribution >= 0.6 is 11.3 Å². The predicted octanol–water partition coefficient (Wildman–Crippen LogP) is 4.84. The van der Waals surface area contributed by atoms with Crippen LogP contribution in [0.15, 0.2) is 64.6 Å². The maximum Gasteiger partial charge on any atom is 0.322 e.